The fraction of sp³-hybridized carbons (Fsp3) is 0.429. The van der Waals surface area contributed by atoms with Gasteiger partial charge in [0.1, 0.15) is 0 Å². The minimum Gasteiger partial charge on any atom is -0.494 e. The van der Waals surface area contributed by atoms with Crippen molar-refractivity contribution >= 4 is 34.4 Å². The molecule has 0 unspecified atom stereocenters. The molecule has 1 aromatic heterocycles. The third-order valence-electron chi connectivity index (χ3n) is 5.44. The molecule has 0 atom stereocenters. The molecule has 7 nitrogen and oxygen atoms in total. The Hall–Kier alpha value is -2.96. The van der Waals surface area contributed by atoms with Crippen LogP contribution in [0.4, 0.5) is 0 Å². The third kappa shape index (κ3) is 3.56. The fourth-order valence-electron chi connectivity index (χ4n) is 3.90. The molecule has 28 heavy (non-hydrogen) atoms. The number of fused-ring (bicyclic) bond motifs is 1. The Morgan fingerprint density at radius 3 is 2.75 bits per heavy atom. The summed E-state index contributed by atoms with van der Waals surface area (Å²) in [5.41, 5.74) is 7.06. The molecule has 1 aromatic carbocycles. The lowest BCUT2D eigenvalue weighted by atomic mass is 9.99. The van der Waals surface area contributed by atoms with E-state index in [0.29, 0.717) is 24.9 Å². The van der Waals surface area contributed by atoms with E-state index < -0.39 is 0 Å². The Kier molecular flexibility index (Phi) is 5.23. The van der Waals surface area contributed by atoms with Gasteiger partial charge < -0.3 is 9.67 Å². The highest BCUT2D eigenvalue weighted by molar-refractivity contribution is 6.09. The summed E-state index contributed by atoms with van der Waals surface area (Å²) in [5, 5.41) is 24.5. The van der Waals surface area contributed by atoms with Crippen LogP contribution in [-0.4, -0.2) is 33.2 Å². The predicted molar refractivity (Wildman–Crippen MR) is 111 cm³/mol. The summed E-state index contributed by atoms with van der Waals surface area (Å²) >= 11 is 0. The van der Waals surface area contributed by atoms with Crippen LogP contribution in [0, 0.1) is 0 Å². The van der Waals surface area contributed by atoms with Gasteiger partial charge in [0.25, 0.3) is 0 Å². The number of rotatable bonds is 4. The molecule has 2 heterocycles. The highest BCUT2D eigenvalue weighted by atomic mass is 16.3. The van der Waals surface area contributed by atoms with Gasteiger partial charge in [-0.2, -0.15) is 15.3 Å². The van der Waals surface area contributed by atoms with Crippen LogP contribution in [0.3, 0.4) is 0 Å². The number of carbonyl (C=O) groups is 1. The second kappa shape index (κ2) is 7.96. The number of amides is 1. The van der Waals surface area contributed by atoms with Crippen molar-refractivity contribution in [2.75, 3.05) is 0 Å². The van der Waals surface area contributed by atoms with Crippen LogP contribution >= 0.6 is 0 Å². The quantitative estimate of drug-likeness (QED) is 0.626. The van der Waals surface area contributed by atoms with E-state index in [1.807, 2.05) is 29.7 Å². The smallest absolute Gasteiger partial charge is 0.240 e. The summed E-state index contributed by atoms with van der Waals surface area (Å²) in [6.45, 7) is 2.65. The zero-order chi connectivity index (χ0) is 19.5. The average molecular weight is 379 g/mol. The van der Waals surface area contributed by atoms with E-state index in [0.717, 1.165) is 40.7 Å². The topological polar surface area (TPSA) is 91.3 Å². The second-order valence-corrected chi connectivity index (χ2v) is 7.28. The number of aromatic hydroxyl groups is 1. The molecule has 146 valence electrons. The first-order chi connectivity index (χ1) is 13.7. The highest BCUT2D eigenvalue weighted by Gasteiger charge is 2.18. The van der Waals surface area contributed by atoms with Gasteiger partial charge in [-0.05, 0) is 50.3 Å². The van der Waals surface area contributed by atoms with E-state index in [4.69, 9.17) is 0 Å². The van der Waals surface area contributed by atoms with Gasteiger partial charge in [-0.15, -0.1) is 0 Å². The van der Waals surface area contributed by atoms with Crippen LogP contribution in [0.15, 0.2) is 33.5 Å². The van der Waals surface area contributed by atoms with Crippen molar-refractivity contribution in [2.45, 2.75) is 58.4 Å². The zero-order valence-electron chi connectivity index (χ0n) is 16.1. The Morgan fingerprint density at radius 1 is 1.21 bits per heavy atom. The maximum absolute atomic E-state index is 11.4. The molecule has 0 spiro atoms. The lowest BCUT2D eigenvalue weighted by Crippen LogP contribution is -2.25. The van der Waals surface area contributed by atoms with Crippen LogP contribution in [-0.2, 0) is 11.3 Å². The number of hydrogen-bond acceptors (Lipinski definition) is 5. The van der Waals surface area contributed by atoms with E-state index in [2.05, 4.69) is 20.7 Å². The maximum atomic E-state index is 11.4. The predicted octanol–water partition coefficient (Wildman–Crippen LogP) is 3.72. The molecule has 0 bridgehead atoms. The number of aryl methyl sites for hydroxylation is 1. The lowest BCUT2D eigenvalue weighted by Gasteiger charge is -2.12. The van der Waals surface area contributed by atoms with Gasteiger partial charge in [-0.3, -0.25) is 4.79 Å². The summed E-state index contributed by atoms with van der Waals surface area (Å²) in [4.78, 5) is 11.4. The SMILES string of the molecule is CCn1c(O)c(/C=N/N=C2CCCCC2)c2cc(C3=NNC(=O)CC3)ccc21. The Labute approximate surface area is 163 Å². The molecule has 0 radical (unpaired) electrons. The Bertz CT molecular complexity index is 992. The maximum Gasteiger partial charge on any atom is 0.240 e. The standard InChI is InChI=1S/C21H25N5O2/c1-2-26-19-10-8-14(18-9-11-20(27)25-24-18)12-16(19)17(21(26)28)13-22-23-15-6-4-3-5-7-15/h8,10,12-13,28H,2-7,9,11H2,1H3,(H,25,27)/b22-13+. The van der Waals surface area contributed by atoms with Crippen molar-refractivity contribution in [1.82, 2.24) is 9.99 Å². The number of aromatic nitrogens is 1. The van der Waals surface area contributed by atoms with Crippen molar-refractivity contribution in [3.8, 4) is 5.88 Å². The molecule has 1 aliphatic heterocycles. The number of hydrogen-bond donors (Lipinski definition) is 2. The number of carbonyl (C=O) groups excluding carboxylic acids is 1. The lowest BCUT2D eigenvalue weighted by molar-refractivity contribution is -0.121. The molecule has 2 aliphatic rings. The van der Waals surface area contributed by atoms with Gasteiger partial charge in [-0.1, -0.05) is 12.5 Å². The van der Waals surface area contributed by atoms with Crippen molar-refractivity contribution in [3.63, 3.8) is 0 Å². The summed E-state index contributed by atoms with van der Waals surface area (Å²) in [7, 11) is 0. The largest absolute Gasteiger partial charge is 0.494 e. The van der Waals surface area contributed by atoms with Crippen LogP contribution in [0.1, 0.15) is 63.0 Å². The number of benzene rings is 1. The third-order valence-corrected chi connectivity index (χ3v) is 5.44. The van der Waals surface area contributed by atoms with E-state index in [9.17, 15) is 9.90 Å². The Balaban J connectivity index is 1.72. The highest BCUT2D eigenvalue weighted by Crippen LogP contribution is 2.31. The molecule has 1 fully saturated rings. The second-order valence-electron chi connectivity index (χ2n) is 7.28. The number of nitrogens with zero attached hydrogens (tertiary/aromatic N) is 4. The molecule has 2 aromatic rings. The normalized spacial score (nSPS) is 17.8. The number of nitrogens with one attached hydrogen (secondary N) is 1. The van der Waals surface area contributed by atoms with Crippen molar-refractivity contribution in [3.05, 3.63) is 29.3 Å². The summed E-state index contributed by atoms with van der Waals surface area (Å²) in [6, 6.07) is 5.97. The van der Waals surface area contributed by atoms with E-state index in [1.54, 1.807) is 6.21 Å². The molecule has 7 heteroatoms. The molecule has 4 rings (SSSR count). The first-order valence-electron chi connectivity index (χ1n) is 9.97. The van der Waals surface area contributed by atoms with Crippen LogP contribution in [0.25, 0.3) is 10.9 Å². The van der Waals surface area contributed by atoms with Gasteiger partial charge in [0.2, 0.25) is 11.8 Å². The van der Waals surface area contributed by atoms with Crippen LogP contribution < -0.4 is 5.43 Å². The molecule has 1 aliphatic carbocycles. The molecular formula is C21H25N5O2. The number of hydrazone groups is 1. The first kappa shape index (κ1) is 18.4. The summed E-state index contributed by atoms with van der Waals surface area (Å²) < 4.78 is 1.86. The van der Waals surface area contributed by atoms with Gasteiger partial charge in [0, 0.05) is 30.5 Å². The molecule has 1 amide bonds. The minimum atomic E-state index is -0.0609. The first-order valence-corrected chi connectivity index (χ1v) is 9.97. The summed E-state index contributed by atoms with van der Waals surface area (Å²) in [5.74, 6) is 0.135. The van der Waals surface area contributed by atoms with E-state index >= 15 is 0 Å². The van der Waals surface area contributed by atoms with Gasteiger partial charge in [0.15, 0.2) is 0 Å². The van der Waals surface area contributed by atoms with E-state index in [-0.39, 0.29) is 11.8 Å². The van der Waals surface area contributed by atoms with Crippen molar-refractivity contribution in [2.24, 2.45) is 15.3 Å². The van der Waals surface area contributed by atoms with Crippen LogP contribution in [0.5, 0.6) is 5.88 Å². The zero-order valence-corrected chi connectivity index (χ0v) is 16.1. The van der Waals surface area contributed by atoms with Gasteiger partial charge in [-0.25, -0.2) is 5.43 Å². The van der Waals surface area contributed by atoms with Gasteiger partial charge >= 0.3 is 0 Å². The molecule has 2 N–H and O–H groups in total. The van der Waals surface area contributed by atoms with Crippen LogP contribution in [0.2, 0.25) is 0 Å². The fourth-order valence-corrected chi connectivity index (χ4v) is 3.90. The molecule has 0 saturated heterocycles. The average Bonchev–Trinajstić information content (AvgIpc) is 2.99. The van der Waals surface area contributed by atoms with Gasteiger partial charge in [0.05, 0.1) is 23.0 Å². The monoisotopic (exact) mass is 379 g/mol. The Morgan fingerprint density at radius 2 is 2.04 bits per heavy atom. The molecular weight excluding hydrogens is 354 g/mol. The minimum absolute atomic E-state index is 0.0609. The van der Waals surface area contributed by atoms with Crippen molar-refractivity contribution in [1.29, 1.82) is 0 Å². The molecule has 1 saturated carbocycles. The summed E-state index contributed by atoms with van der Waals surface area (Å²) in [6.07, 6.45) is 8.33. The van der Waals surface area contributed by atoms with Crippen molar-refractivity contribution < 1.29 is 9.90 Å². The van der Waals surface area contributed by atoms with E-state index in [1.165, 1.54) is 19.3 Å².